The lowest BCUT2D eigenvalue weighted by atomic mass is 9.93. The minimum absolute atomic E-state index is 0.0223. The van der Waals surface area contributed by atoms with Crippen LogP contribution < -0.4 is 0 Å². The van der Waals surface area contributed by atoms with Crippen LogP contribution in [0, 0.1) is 0 Å². The zero-order valence-corrected chi connectivity index (χ0v) is 15.5. The summed E-state index contributed by atoms with van der Waals surface area (Å²) in [5.74, 6) is 0. The second-order valence-corrected chi connectivity index (χ2v) is 7.84. The van der Waals surface area contributed by atoms with Crippen molar-refractivity contribution in [1.82, 2.24) is 0 Å². The molecule has 0 aromatic heterocycles. The van der Waals surface area contributed by atoms with Crippen LogP contribution in [-0.2, 0) is 23.0 Å². The van der Waals surface area contributed by atoms with Gasteiger partial charge in [0.2, 0.25) is 0 Å². The van der Waals surface area contributed by atoms with E-state index in [0.29, 0.717) is 5.39 Å². The van der Waals surface area contributed by atoms with Crippen molar-refractivity contribution in [2.24, 2.45) is 0 Å². The molecule has 2 aromatic rings. The summed E-state index contributed by atoms with van der Waals surface area (Å²) in [5.41, 5.74) is 2.39. The van der Waals surface area contributed by atoms with Crippen molar-refractivity contribution < 1.29 is 13.0 Å². The van der Waals surface area contributed by atoms with Crippen molar-refractivity contribution in [2.45, 2.75) is 70.1 Å². The molecule has 0 saturated carbocycles. The highest BCUT2D eigenvalue weighted by Gasteiger charge is 2.17. The Balaban J connectivity index is 2.55. The molecule has 132 valence electrons. The summed E-state index contributed by atoms with van der Waals surface area (Å²) < 4.78 is 33.1. The van der Waals surface area contributed by atoms with Crippen molar-refractivity contribution in [3.05, 3.63) is 41.5 Å². The van der Waals surface area contributed by atoms with Gasteiger partial charge in [0, 0.05) is 5.39 Å². The fourth-order valence-electron chi connectivity index (χ4n) is 3.31. The van der Waals surface area contributed by atoms with Crippen molar-refractivity contribution >= 4 is 20.9 Å². The lowest BCUT2D eigenvalue weighted by Gasteiger charge is -2.14. The molecule has 0 bridgehead atoms. The van der Waals surface area contributed by atoms with E-state index < -0.39 is 10.1 Å². The highest BCUT2D eigenvalue weighted by Crippen LogP contribution is 2.31. The molecule has 3 nitrogen and oxygen atoms in total. The first-order chi connectivity index (χ1) is 11.5. The molecule has 2 rings (SSSR count). The maximum absolute atomic E-state index is 11.7. The van der Waals surface area contributed by atoms with Crippen LogP contribution >= 0.6 is 0 Å². The number of aryl methyl sites for hydroxylation is 2. The van der Waals surface area contributed by atoms with Gasteiger partial charge in [0.25, 0.3) is 10.1 Å². The Morgan fingerprint density at radius 3 is 1.96 bits per heavy atom. The van der Waals surface area contributed by atoms with Crippen molar-refractivity contribution in [3.63, 3.8) is 0 Å². The lowest BCUT2D eigenvalue weighted by molar-refractivity contribution is 0.484. The molecule has 24 heavy (non-hydrogen) atoms. The van der Waals surface area contributed by atoms with E-state index in [1.165, 1.54) is 24.0 Å². The summed E-state index contributed by atoms with van der Waals surface area (Å²) >= 11 is 0. The molecular formula is C20H28O3S. The van der Waals surface area contributed by atoms with Crippen LogP contribution in [0.25, 0.3) is 10.8 Å². The normalized spacial score (nSPS) is 12.0. The van der Waals surface area contributed by atoms with Crippen LogP contribution in [0.1, 0.15) is 63.5 Å². The molecule has 0 radical (unpaired) electrons. The molecule has 0 saturated heterocycles. The first-order valence-corrected chi connectivity index (χ1v) is 10.4. The molecule has 0 aliphatic carbocycles. The van der Waals surface area contributed by atoms with Gasteiger partial charge in [0.1, 0.15) is 4.90 Å². The lowest BCUT2D eigenvalue weighted by Crippen LogP contribution is -2.02. The van der Waals surface area contributed by atoms with E-state index in [1.54, 1.807) is 6.07 Å². The van der Waals surface area contributed by atoms with E-state index in [0.717, 1.165) is 43.9 Å². The second kappa shape index (κ2) is 8.63. The third-order valence-electron chi connectivity index (χ3n) is 4.55. The van der Waals surface area contributed by atoms with Crippen molar-refractivity contribution in [1.29, 1.82) is 0 Å². The average Bonchev–Trinajstić information content (AvgIpc) is 2.54. The maximum atomic E-state index is 11.7. The predicted molar refractivity (Wildman–Crippen MR) is 100 cm³/mol. The summed E-state index contributed by atoms with van der Waals surface area (Å²) in [5, 5.41) is 1.68. The largest absolute Gasteiger partial charge is 0.295 e. The number of benzene rings is 2. The molecule has 1 N–H and O–H groups in total. The van der Waals surface area contributed by atoms with Gasteiger partial charge < -0.3 is 0 Å². The fourth-order valence-corrected chi connectivity index (χ4v) is 3.99. The van der Waals surface area contributed by atoms with E-state index in [-0.39, 0.29) is 4.90 Å². The van der Waals surface area contributed by atoms with Gasteiger partial charge in [-0.1, -0.05) is 63.8 Å². The molecule has 0 unspecified atom stereocenters. The van der Waals surface area contributed by atoms with Gasteiger partial charge >= 0.3 is 0 Å². The first kappa shape index (κ1) is 18.9. The monoisotopic (exact) mass is 348 g/mol. The van der Waals surface area contributed by atoms with Crippen LogP contribution in [0.3, 0.4) is 0 Å². The van der Waals surface area contributed by atoms with E-state index in [2.05, 4.69) is 19.9 Å². The van der Waals surface area contributed by atoms with Gasteiger partial charge in [-0.2, -0.15) is 8.42 Å². The van der Waals surface area contributed by atoms with E-state index in [4.69, 9.17) is 0 Å². The summed E-state index contributed by atoms with van der Waals surface area (Å²) in [7, 11) is -4.21. The Kier molecular flexibility index (Phi) is 6.81. The summed E-state index contributed by atoms with van der Waals surface area (Å²) in [6.45, 7) is 4.35. The van der Waals surface area contributed by atoms with Gasteiger partial charge in [-0.3, -0.25) is 4.55 Å². The van der Waals surface area contributed by atoms with Gasteiger partial charge in [-0.05, 0) is 48.3 Å². The van der Waals surface area contributed by atoms with Crippen LogP contribution in [0.15, 0.2) is 35.2 Å². The molecule has 0 aliphatic rings. The van der Waals surface area contributed by atoms with Crippen LogP contribution in [-0.4, -0.2) is 13.0 Å². The molecule has 0 amide bonds. The fraction of sp³-hybridized carbons (Fsp3) is 0.500. The number of rotatable bonds is 9. The molecule has 4 heteroatoms. The third-order valence-corrected chi connectivity index (χ3v) is 5.46. The second-order valence-electron chi connectivity index (χ2n) is 6.45. The predicted octanol–water partition coefficient (Wildman–Crippen LogP) is 5.55. The van der Waals surface area contributed by atoms with Gasteiger partial charge in [-0.15, -0.1) is 0 Å². The SMILES string of the molecule is CCCCCc1cccc2c(S(=O)(=O)O)ccc(CCCCC)c12. The van der Waals surface area contributed by atoms with Gasteiger partial charge in [-0.25, -0.2) is 0 Å². The van der Waals surface area contributed by atoms with E-state index in [9.17, 15) is 13.0 Å². The quantitative estimate of drug-likeness (QED) is 0.477. The zero-order valence-electron chi connectivity index (χ0n) is 14.7. The first-order valence-electron chi connectivity index (χ1n) is 9.00. The van der Waals surface area contributed by atoms with E-state index >= 15 is 0 Å². The van der Waals surface area contributed by atoms with Crippen molar-refractivity contribution in [3.8, 4) is 0 Å². The average molecular weight is 349 g/mol. The third kappa shape index (κ3) is 4.58. The molecule has 0 spiro atoms. The molecule has 0 heterocycles. The van der Waals surface area contributed by atoms with E-state index in [1.807, 2.05) is 18.2 Å². The summed E-state index contributed by atoms with van der Waals surface area (Å²) in [6, 6.07) is 9.23. The maximum Gasteiger partial charge on any atom is 0.295 e. The Morgan fingerprint density at radius 2 is 1.42 bits per heavy atom. The minimum Gasteiger partial charge on any atom is -0.282 e. The standard InChI is InChI=1S/C20H28O3S/c1-3-5-7-10-16-12-9-13-18-19(24(21,22)23)15-14-17(20(16)18)11-8-6-4-2/h9,12-15H,3-8,10-11H2,1-2H3,(H,21,22,23). The van der Waals surface area contributed by atoms with Gasteiger partial charge in [0.05, 0.1) is 0 Å². The smallest absolute Gasteiger partial charge is 0.282 e. The van der Waals surface area contributed by atoms with Crippen LogP contribution in [0.2, 0.25) is 0 Å². The highest BCUT2D eigenvalue weighted by molar-refractivity contribution is 7.86. The Hall–Kier alpha value is -1.39. The number of hydrogen-bond acceptors (Lipinski definition) is 2. The number of hydrogen-bond donors (Lipinski definition) is 1. The Morgan fingerprint density at radius 1 is 0.833 bits per heavy atom. The number of fused-ring (bicyclic) bond motifs is 1. The highest BCUT2D eigenvalue weighted by atomic mass is 32.2. The summed E-state index contributed by atoms with van der Waals surface area (Å²) in [4.78, 5) is 0.0223. The topological polar surface area (TPSA) is 54.4 Å². The van der Waals surface area contributed by atoms with Gasteiger partial charge in [0.15, 0.2) is 0 Å². The molecular weight excluding hydrogens is 320 g/mol. The molecule has 0 aliphatic heterocycles. The van der Waals surface area contributed by atoms with Crippen LogP contribution in [0.5, 0.6) is 0 Å². The summed E-state index contributed by atoms with van der Waals surface area (Å²) in [6.07, 6.45) is 8.73. The number of unbranched alkanes of at least 4 members (excludes halogenated alkanes) is 4. The minimum atomic E-state index is -4.21. The van der Waals surface area contributed by atoms with Crippen LogP contribution in [0.4, 0.5) is 0 Å². The Labute approximate surface area is 145 Å². The molecule has 0 atom stereocenters. The Bertz CT molecular complexity index is 763. The molecule has 0 fully saturated rings. The zero-order chi connectivity index (χ0) is 17.6. The van der Waals surface area contributed by atoms with Crippen molar-refractivity contribution in [2.75, 3.05) is 0 Å². The molecule has 2 aromatic carbocycles.